The van der Waals surface area contributed by atoms with Crippen LogP contribution in [0.5, 0.6) is 0 Å². The van der Waals surface area contributed by atoms with Crippen LogP contribution in [0.25, 0.3) is 5.82 Å². The summed E-state index contributed by atoms with van der Waals surface area (Å²) in [5.41, 5.74) is 3.91. The molecule has 36 heavy (non-hydrogen) atoms. The van der Waals surface area contributed by atoms with Crippen LogP contribution in [0.3, 0.4) is 0 Å². The van der Waals surface area contributed by atoms with Crippen molar-refractivity contribution in [3.05, 3.63) is 101 Å². The zero-order valence-electron chi connectivity index (χ0n) is 19.5. The number of benzene rings is 1. The van der Waals surface area contributed by atoms with E-state index in [1.54, 1.807) is 24.5 Å². The lowest BCUT2D eigenvalue weighted by Crippen LogP contribution is -2.30. The van der Waals surface area contributed by atoms with Crippen molar-refractivity contribution in [2.24, 2.45) is 0 Å². The highest BCUT2D eigenvalue weighted by Gasteiger charge is 2.42. The number of rotatable bonds is 6. The number of nitrogens with zero attached hydrogens (tertiary/aromatic N) is 4. The Bertz CT molecular complexity index is 1520. The van der Waals surface area contributed by atoms with Crippen molar-refractivity contribution in [2.75, 3.05) is 15.9 Å². The summed E-state index contributed by atoms with van der Waals surface area (Å²) in [7, 11) is -3.40. The minimum Gasteiger partial charge on any atom is -0.351 e. The zero-order chi connectivity index (χ0) is 25.4. The Balaban J connectivity index is 1.63. The molecule has 0 aliphatic carbocycles. The first kappa shape index (κ1) is 24.2. The van der Waals surface area contributed by atoms with Gasteiger partial charge in [-0.15, -0.1) is 0 Å². The lowest BCUT2D eigenvalue weighted by atomic mass is 10.0. The molecule has 3 aromatic heterocycles. The topological polar surface area (TPSA) is 92.2 Å². The predicted octanol–water partition coefficient (Wildman–Crippen LogP) is 4.78. The standard InChI is InChI=1S/C25H23ClN6O2S2/c1-16-14-18(9-10-19(16)30-36(2,33)34)32-24(23(29-25(32)35)20-6-3-4-12-27-20)21-7-5-13-31(21)22-11-8-17(26)15-28-22/h3-15,23-24,30H,1-2H3,(H,29,35). The average molecular weight is 539 g/mol. The van der Waals surface area contributed by atoms with Gasteiger partial charge in [-0.05, 0) is 79.3 Å². The molecule has 5 rings (SSSR count). The number of hydrogen-bond acceptors (Lipinski definition) is 5. The Morgan fingerprint density at radius 1 is 1.08 bits per heavy atom. The molecule has 8 nitrogen and oxygen atoms in total. The molecule has 1 aliphatic rings. The molecule has 1 saturated heterocycles. The third kappa shape index (κ3) is 4.79. The van der Waals surface area contributed by atoms with Gasteiger partial charge < -0.3 is 14.8 Å². The number of aryl methyl sites for hydroxylation is 1. The van der Waals surface area contributed by atoms with Gasteiger partial charge in [0, 0.05) is 30.0 Å². The van der Waals surface area contributed by atoms with Crippen LogP contribution in [0.15, 0.2) is 79.3 Å². The molecular weight excluding hydrogens is 516 g/mol. The molecule has 0 amide bonds. The van der Waals surface area contributed by atoms with Gasteiger partial charge in [0.15, 0.2) is 5.11 Å². The van der Waals surface area contributed by atoms with Crippen molar-refractivity contribution in [3.63, 3.8) is 0 Å². The van der Waals surface area contributed by atoms with Crippen LogP contribution < -0.4 is 14.9 Å². The number of hydrogen-bond donors (Lipinski definition) is 2. The van der Waals surface area contributed by atoms with E-state index >= 15 is 0 Å². The first-order chi connectivity index (χ1) is 17.2. The van der Waals surface area contributed by atoms with Gasteiger partial charge in [-0.2, -0.15) is 0 Å². The molecule has 4 heterocycles. The van der Waals surface area contributed by atoms with Crippen LogP contribution >= 0.6 is 23.8 Å². The smallest absolute Gasteiger partial charge is 0.229 e. The van der Waals surface area contributed by atoms with Gasteiger partial charge in [-0.3, -0.25) is 9.71 Å². The molecular formula is C25H23ClN6O2S2. The predicted molar refractivity (Wildman–Crippen MR) is 146 cm³/mol. The monoisotopic (exact) mass is 538 g/mol. The Labute approximate surface area is 220 Å². The fourth-order valence-electron chi connectivity index (χ4n) is 4.40. The molecule has 0 bridgehead atoms. The van der Waals surface area contributed by atoms with Crippen LogP contribution in [0.4, 0.5) is 11.4 Å². The molecule has 0 radical (unpaired) electrons. The van der Waals surface area contributed by atoms with E-state index in [-0.39, 0.29) is 12.1 Å². The minimum absolute atomic E-state index is 0.242. The van der Waals surface area contributed by atoms with E-state index in [9.17, 15) is 8.42 Å². The van der Waals surface area contributed by atoms with Crippen LogP contribution in [-0.4, -0.2) is 34.3 Å². The number of halogens is 1. The molecule has 1 fully saturated rings. The van der Waals surface area contributed by atoms with Gasteiger partial charge in [-0.25, -0.2) is 13.4 Å². The van der Waals surface area contributed by atoms with E-state index in [2.05, 4.69) is 20.0 Å². The Hall–Kier alpha value is -3.47. The molecule has 2 N–H and O–H groups in total. The first-order valence-corrected chi connectivity index (χ1v) is 13.8. The second-order valence-electron chi connectivity index (χ2n) is 8.51. The van der Waals surface area contributed by atoms with Crippen LogP contribution in [0, 0.1) is 6.92 Å². The maximum Gasteiger partial charge on any atom is 0.229 e. The van der Waals surface area contributed by atoms with Crippen LogP contribution in [0.2, 0.25) is 5.02 Å². The van der Waals surface area contributed by atoms with E-state index < -0.39 is 10.0 Å². The first-order valence-electron chi connectivity index (χ1n) is 11.1. The van der Waals surface area contributed by atoms with Gasteiger partial charge in [-0.1, -0.05) is 17.7 Å². The molecule has 2 unspecified atom stereocenters. The van der Waals surface area contributed by atoms with E-state index in [1.165, 1.54) is 0 Å². The van der Waals surface area contributed by atoms with E-state index in [0.717, 1.165) is 34.7 Å². The minimum atomic E-state index is -3.40. The third-order valence-corrected chi connectivity index (χ3v) is 7.05. The molecule has 11 heteroatoms. The van der Waals surface area contributed by atoms with Crippen molar-refractivity contribution in [3.8, 4) is 5.82 Å². The van der Waals surface area contributed by atoms with Crippen molar-refractivity contribution in [1.82, 2.24) is 19.9 Å². The second kappa shape index (κ2) is 9.53. The number of anilines is 2. The normalized spacial score (nSPS) is 17.8. The second-order valence-corrected chi connectivity index (χ2v) is 11.1. The van der Waals surface area contributed by atoms with Crippen molar-refractivity contribution >= 4 is 50.3 Å². The van der Waals surface area contributed by atoms with Gasteiger partial charge in [0.1, 0.15) is 11.9 Å². The summed E-state index contributed by atoms with van der Waals surface area (Å²) in [6.07, 6.45) is 6.45. The molecule has 0 spiro atoms. The highest BCUT2D eigenvalue weighted by Crippen LogP contribution is 2.42. The average Bonchev–Trinajstić information content (AvgIpc) is 3.45. The molecule has 184 valence electrons. The summed E-state index contributed by atoms with van der Waals surface area (Å²) in [5.74, 6) is 0.723. The van der Waals surface area contributed by atoms with E-state index in [4.69, 9.17) is 23.8 Å². The lowest BCUT2D eigenvalue weighted by Gasteiger charge is -2.29. The molecule has 0 saturated carbocycles. The summed E-state index contributed by atoms with van der Waals surface area (Å²) in [5, 5.41) is 4.54. The Morgan fingerprint density at radius 2 is 1.92 bits per heavy atom. The zero-order valence-corrected chi connectivity index (χ0v) is 21.8. The van der Waals surface area contributed by atoms with Crippen molar-refractivity contribution < 1.29 is 8.42 Å². The summed E-state index contributed by atoms with van der Waals surface area (Å²) >= 11 is 11.9. The van der Waals surface area contributed by atoms with Crippen molar-refractivity contribution in [1.29, 1.82) is 0 Å². The van der Waals surface area contributed by atoms with Gasteiger partial charge in [0.05, 0.1) is 28.7 Å². The van der Waals surface area contributed by atoms with Crippen molar-refractivity contribution in [2.45, 2.75) is 19.0 Å². The maximum absolute atomic E-state index is 11.8. The van der Waals surface area contributed by atoms with E-state index in [0.29, 0.717) is 15.8 Å². The molecule has 1 aromatic carbocycles. The van der Waals surface area contributed by atoms with Gasteiger partial charge in [0.2, 0.25) is 10.0 Å². The molecule has 1 aliphatic heterocycles. The summed E-state index contributed by atoms with van der Waals surface area (Å²) < 4.78 is 28.1. The SMILES string of the molecule is Cc1cc(N2C(=S)NC(c3ccccn3)C2c2cccn2-c2ccc(Cl)cn2)ccc1NS(C)(=O)=O. The quantitative estimate of drug-likeness (QED) is 0.341. The molecule has 2 atom stereocenters. The number of thiocarbonyl (C=S) groups is 1. The summed E-state index contributed by atoms with van der Waals surface area (Å²) in [4.78, 5) is 11.1. The fraction of sp³-hybridized carbons (Fsp3) is 0.160. The maximum atomic E-state index is 11.8. The molecule has 4 aromatic rings. The Morgan fingerprint density at radius 3 is 2.58 bits per heavy atom. The summed E-state index contributed by atoms with van der Waals surface area (Å²) in [6, 6.07) is 18.5. The number of aromatic nitrogens is 3. The number of pyridine rings is 2. The lowest BCUT2D eigenvalue weighted by molar-refractivity contribution is 0.548. The largest absolute Gasteiger partial charge is 0.351 e. The number of sulfonamides is 1. The van der Waals surface area contributed by atoms with E-state index in [1.807, 2.05) is 71.1 Å². The van der Waals surface area contributed by atoms with Crippen LogP contribution in [0.1, 0.15) is 29.0 Å². The Kier molecular flexibility index (Phi) is 6.42. The highest BCUT2D eigenvalue weighted by atomic mass is 35.5. The summed E-state index contributed by atoms with van der Waals surface area (Å²) in [6.45, 7) is 1.86. The highest BCUT2D eigenvalue weighted by molar-refractivity contribution is 7.92. The third-order valence-electron chi connectivity index (χ3n) is 5.92. The fourth-order valence-corrected chi connectivity index (χ4v) is 5.49. The van der Waals surface area contributed by atoms with Gasteiger partial charge in [0.25, 0.3) is 0 Å². The van der Waals surface area contributed by atoms with Crippen LogP contribution in [-0.2, 0) is 10.0 Å². The van der Waals surface area contributed by atoms with Gasteiger partial charge >= 0.3 is 0 Å². The number of nitrogens with one attached hydrogen (secondary N) is 2.